The van der Waals surface area contributed by atoms with Crippen molar-refractivity contribution in [1.82, 2.24) is 19.4 Å². The number of fused-ring (bicyclic) bond motifs is 1. The maximum absolute atomic E-state index is 13.0. The van der Waals surface area contributed by atoms with Gasteiger partial charge in [-0.2, -0.15) is 0 Å². The number of imidazole rings is 1. The molecule has 2 atom stereocenters. The molecular weight excluding hydrogens is 388 g/mol. The molecule has 0 saturated carbocycles. The zero-order valence-electron chi connectivity index (χ0n) is 17.7. The van der Waals surface area contributed by atoms with Crippen LogP contribution in [0.25, 0.3) is 0 Å². The molecule has 2 aliphatic rings. The van der Waals surface area contributed by atoms with Gasteiger partial charge in [0.15, 0.2) is 0 Å². The highest BCUT2D eigenvalue weighted by atomic mass is 16.5. The molecule has 0 spiro atoms. The average Bonchev–Trinajstić information content (AvgIpc) is 3.45. The van der Waals surface area contributed by atoms with Gasteiger partial charge in [-0.1, -0.05) is 36.4 Å². The van der Waals surface area contributed by atoms with Crippen molar-refractivity contribution in [1.29, 1.82) is 0 Å². The van der Waals surface area contributed by atoms with Crippen molar-refractivity contribution in [2.75, 3.05) is 13.1 Å². The first-order chi connectivity index (χ1) is 15.2. The Hall–Kier alpha value is -3.15. The van der Waals surface area contributed by atoms with Crippen molar-refractivity contribution in [2.24, 2.45) is 5.92 Å². The number of ether oxygens (including phenoxy) is 1. The molecule has 0 N–H and O–H groups in total. The van der Waals surface area contributed by atoms with Gasteiger partial charge in [-0.15, -0.1) is 0 Å². The van der Waals surface area contributed by atoms with Crippen LogP contribution in [0, 0.1) is 5.92 Å². The normalized spacial score (nSPS) is 20.5. The lowest BCUT2D eigenvalue weighted by molar-refractivity contribution is 0.0765. The first kappa shape index (κ1) is 19.8. The van der Waals surface area contributed by atoms with Crippen LogP contribution in [0.1, 0.15) is 41.1 Å². The van der Waals surface area contributed by atoms with Crippen LogP contribution in [0.4, 0.5) is 0 Å². The molecule has 0 radical (unpaired) electrons. The summed E-state index contributed by atoms with van der Waals surface area (Å²) in [7, 11) is 0. The first-order valence-corrected chi connectivity index (χ1v) is 11.2. The minimum atomic E-state index is -0.0153. The van der Waals surface area contributed by atoms with E-state index >= 15 is 0 Å². The maximum Gasteiger partial charge on any atom is 0.274 e. The molecule has 5 rings (SSSR count). The Bertz CT molecular complexity index is 1020. The van der Waals surface area contributed by atoms with E-state index in [-0.39, 0.29) is 12.0 Å². The number of aromatic nitrogens is 3. The number of likely N-dealkylation sites (tertiary alicyclic amines) is 1. The molecule has 1 fully saturated rings. The van der Waals surface area contributed by atoms with Crippen LogP contribution in [0.5, 0.6) is 5.88 Å². The van der Waals surface area contributed by atoms with Crippen LogP contribution in [0.3, 0.4) is 0 Å². The molecule has 2 unspecified atom stereocenters. The molecule has 0 aliphatic carbocycles. The number of hydrogen-bond donors (Lipinski definition) is 0. The topological polar surface area (TPSA) is 60.2 Å². The van der Waals surface area contributed by atoms with E-state index in [1.54, 1.807) is 6.20 Å². The lowest BCUT2D eigenvalue weighted by atomic mass is 9.92. The zero-order valence-corrected chi connectivity index (χ0v) is 17.7. The monoisotopic (exact) mass is 416 g/mol. The fourth-order valence-corrected chi connectivity index (χ4v) is 4.63. The summed E-state index contributed by atoms with van der Waals surface area (Å²) in [6.45, 7) is 2.23. The molecule has 2 aliphatic heterocycles. The molecular formula is C25H28N4O2. The second kappa shape index (κ2) is 8.92. The molecule has 1 saturated heterocycles. The van der Waals surface area contributed by atoms with E-state index in [0.717, 1.165) is 38.1 Å². The van der Waals surface area contributed by atoms with E-state index in [1.165, 1.54) is 12.0 Å². The molecule has 4 heterocycles. The van der Waals surface area contributed by atoms with Gasteiger partial charge in [0.1, 0.15) is 17.6 Å². The van der Waals surface area contributed by atoms with Crippen LogP contribution in [0.15, 0.2) is 60.9 Å². The first-order valence-electron chi connectivity index (χ1n) is 11.2. The Labute approximate surface area is 182 Å². The van der Waals surface area contributed by atoms with Crippen LogP contribution < -0.4 is 4.74 Å². The predicted octanol–water partition coefficient (Wildman–Crippen LogP) is 3.77. The third kappa shape index (κ3) is 4.63. The summed E-state index contributed by atoms with van der Waals surface area (Å²) in [6.07, 6.45) is 8.83. The van der Waals surface area contributed by atoms with Crippen molar-refractivity contribution in [2.45, 2.75) is 44.8 Å². The molecule has 1 aromatic carbocycles. The second-order valence-corrected chi connectivity index (χ2v) is 8.57. The number of aryl methyl sites for hydroxylation is 2. The van der Waals surface area contributed by atoms with Crippen LogP contribution in [0.2, 0.25) is 0 Å². The number of rotatable bonds is 6. The summed E-state index contributed by atoms with van der Waals surface area (Å²) < 4.78 is 8.12. The Morgan fingerprint density at radius 1 is 1.06 bits per heavy atom. The van der Waals surface area contributed by atoms with E-state index in [0.29, 0.717) is 30.6 Å². The van der Waals surface area contributed by atoms with E-state index in [2.05, 4.69) is 44.9 Å². The number of pyridine rings is 1. The average molecular weight is 417 g/mol. The summed E-state index contributed by atoms with van der Waals surface area (Å²) >= 11 is 0. The lowest BCUT2D eigenvalue weighted by Crippen LogP contribution is -2.31. The number of hydrogen-bond acceptors (Lipinski definition) is 4. The van der Waals surface area contributed by atoms with Gasteiger partial charge >= 0.3 is 0 Å². The van der Waals surface area contributed by atoms with Crippen molar-refractivity contribution in [3.05, 3.63) is 78.0 Å². The van der Waals surface area contributed by atoms with Gasteiger partial charge in [-0.3, -0.25) is 4.79 Å². The fourth-order valence-electron chi connectivity index (χ4n) is 4.63. The SMILES string of the molecule is O=C(c1cn2c(n1)CCC(CCc1ccccc1)C2)N1CCC(Oc2ccccn2)C1. The Balaban J connectivity index is 1.17. The molecule has 3 aromatic rings. The standard InChI is InChI=1S/C25H28N4O2/c30-25(28-15-13-21(17-28)31-24-8-4-5-14-26-24)22-18-29-16-20(11-12-23(29)27-22)10-9-19-6-2-1-3-7-19/h1-8,14,18,20-21H,9-13,15-17H2. The Morgan fingerprint density at radius 2 is 1.94 bits per heavy atom. The van der Waals surface area contributed by atoms with Crippen LogP contribution in [-0.2, 0) is 19.4 Å². The highest BCUT2D eigenvalue weighted by Crippen LogP contribution is 2.25. The fraction of sp³-hybridized carbons (Fsp3) is 0.400. The molecule has 0 bridgehead atoms. The van der Waals surface area contributed by atoms with Gasteiger partial charge in [0.25, 0.3) is 5.91 Å². The molecule has 160 valence electrons. The van der Waals surface area contributed by atoms with Gasteiger partial charge in [0.2, 0.25) is 5.88 Å². The molecule has 6 nitrogen and oxygen atoms in total. The summed E-state index contributed by atoms with van der Waals surface area (Å²) in [4.78, 5) is 23.8. The summed E-state index contributed by atoms with van der Waals surface area (Å²) in [5.41, 5.74) is 1.96. The summed E-state index contributed by atoms with van der Waals surface area (Å²) in [5, 5.41) is 0. The van der Waals surface area contributed by atoms with E-state index in [1.807, 2.05) is 29.3 Å². The van der Waals surface area contributed by atoms with Gasteiger partial charge in [0, 0.05) is 44.4 Å². The Kier molecular flexibility index (Phi) is 5.69. The van der Waals surface area contributed by atoms with Crippen molar-refractivity contribution in [3.63, 3.8) is 0 Å². The van der Waals surface area contributed by atoms with Crippen molar-refractivity contribution < 1.29 is 9.53 Å². The number of carbonyl (C=O) groups excluding carboxylic acids is 1. The predicted molar refractivity (Wildman–Crippen MR) is 118 cm³/mol. The second-order valence-electron chi connectivity index (χ2n) is 8.57. The third-order valence-corrected chi connectivity index (χ3v) is 6.35. The number of benzene rings is 1. The van der Waals surface area contributed by atoms with Gasteiger partial charge < -0.3 is 14.2 Å². The number of nitrogens with zero attached hydrogens (tertiary/aromatic N) is 4. The van der Waals surface area contributed by atoms with Crippen molar-refractivity contribution >= 4 is 5.91 Å². The minimum Gasteiger partial charge on any atom is -0.472 e. The molecule has 2 aromatic heterocycles. The molecule has 1 amide bonds. The Morgan fingerprint density at radius 3 is 2.77 bits per heavy atom. The number of amides is 1. The highest BCUT2D eigenvalue weighted by Gasteiger charge is 2.31. The quantitative estimate of drug-likeness (QED) is 0.614. The summed E-state index contributed by atoms with van der Waals surface area (Å²) in [5.74, 6) is 2.29. The van der Waals surface area contributed by atoms with E-state index < -0.39 is 0 Å². The van der Waals surface area contributed by atoms with Gasteiger partial charge in [0.05, 0.1) is 6.54 Å². The highest BCUT2D eigenvalue weighted by molar-refractivity contribution is 5.92. The van der Waals surface area contributed by atoms with Gasteiger partial charge in [-0.25, -0.2) is 9.97 Å². The van der Waals surface area contributed by atoms with Gasteiger partial charge in [-0.05, 0) is 36.8 Å². The van der Waals surface area contributed by atoms with E-state index in [9.17, 15) is 4.79 Å². The minimum absolute atomic E-state index is 0.00913. The van der Waals surface area contributed by atoms with Crippen molar-refractivity contribution in [3.8, 4) is 5.88 Å². The molecule has 6 heteroatoms. The van der Waals surface area contributed by atoms with Crippen LogP contribution in [-0.4, -0.2) is 44.5 Å². The van der Waals surface area contributed by atoms with E-state index in [4.69, 9.17) is 4.74 Å². The summed E-state index contributed by atoms with van der Waals surface area (Å²) in [6, 6.07) is 16.3. The lowest BCUT2D eigenvalue weighted by Gasteiger charge is -2.23. The molecule has 31 heavy (non-hydrogen) atoms. The smallest absolute Gasteiger partial charge is 0.274 e. The third-order valence-electron chi connectivity index (χ3n) is 6.35. The zero-order chi connectivity index (χ0) is 21.0. The largest absolute Gasteiger partial charge is 0.472 e. The maximum atomic E-state index is 13.0. The van der Waals surface area contributed by atoms with Crippen LogP contribution >= 0.6 is 0 Å². The number of carbonyl (C=O) groups is 1.